The van der Waals surface area contributed by atoms with Crippen molar-refractivity contribution < 1.29 is 74.4 Å². The zero-order chi connectivity index (χ0) is 30.5. The first-order valence-electron chi connectivity index (χ1n) is 12.6. The lowest BCUT2D eigenvalue weighted by Gasteiger charge is -2.39. The van der Waals surface area contributed by atoms with Crippen LogP contribution in [0.3, 0.4) is 0 Å². The average molecular weight is 596 g/mol. The van der Waals surface area contributed by atoms with Gasteiger partial charge >= 0.3 is 0 Å². The Bertz CT molecular complexity index is 1490. The third-order valence-electron chi connectivity index (χ3n) is 6.96. The van der Waals surface area contributed by atoms with E-state index in [0.29, 0.717) is 0 Å². The van der Waals surface area contributed by atoms with E-state index in [1.807, 2.05) is 0 Å². The first-order chi connectivity index (χ1) is 19.9. The molecule has 16 nitrogen and oxygen atoms in total. The molecule has 2 fully saturated rings. The average Bonchev–Trinajstić information content (AvgIpc) is 2.97. The van der Waals surface area contributed by atoms with E-state index in [2.05, 4.69) is 0 Å². The topological polar surface area (TPSA) is 269 Å². The van der Waals surface area contributed by atoms with Gasteiger partial charge in [0, 0.05) is 11.6 Å². The minimum Gasteiger partial charge on any atom is -0.508 e. The quantitative estimate of drug-likeness (QED) is 0.142. The lowest BCUT2D eigenvalue weighted by Crippen LogP contribution is -2.60. The van der Waals surface area contributed by atoms with Crippen LogP contribution in [-0.2, 0) is 9.47 Å². The molecule has 0 radical (unpaired) electrons. The number of aliphatic hydroxyl groups excluding tert-OH is 7. The fraction of sp³-hybridized carbons (Fsp3) is 0.423. The van der Waals surface area contributed by atoms with Crippen LogP contribution >= 0.6 is 0 Å². The molecule has 2 aliphatic heterocycles. The molecule has 0 aliphatic carbocycles. The summed E-state index contributed by atoms with van der Waals surface area (Å²) in [7, 11) is 0. The number of hydrogen-bond acceptors (Lipinski definition) is 16. The molecule has 0 saturated carbocycles. The first-order valence-corrected chi connectivity index (χ1v) is 12.6. The van der Waals surface area contributed by atoms with Crippen LogP contribution in [-0.4, -0.2) is 120 Å². The van der Waals surface area contributed by atoms with Crippen LogP contribution in [0.15, 0.2) is 39.5 Å². The molecule has 5 rings (SSSR count). The molecule has 1 aromatic heterocycles. The Labute approximate surface area is 235 Å². The van der Waals surface area contributed by atoms with E-state index in [-0.39, 0.29) is 17.1 Å². The van der Waals surface area contributed by atoms with Gasteiger partial charge in [0.25, 0.3) is 0 Å². The molecule has 3 aromatic rings. The predicted molar refractivity (Wildman–Crippen MR) is 136 cm³/mol. The second-order valence-electron chi connectivity index (χ2n) is 9.76. The Morgan fingerprint density at radius 2 is 1.43 bits per heavy atom. The van der Waals surface area contributed by atoms with Gasteiger partial charge in [0.05, 0.1) is 13.2 Å². The lowest BCUT2D eigenvalue weighted by atomic mass is 9.99. The maximum atomic E-state index is 13.3. The van der Waals surface area contributed by atoms with Crippen molar-refractivity contribution in [3.8, 4) is 40.1 Å². The molecule has 228 valence electrons. The van der Waals surface area contributed by atoms with Gasteiger partial charge in [-0.2, -0.15) is 0 Å². The maximum absolute atomic E-state index is 13.3. The summed E-state index contributed by atoms with van der Waals surface area (Å²) in [5.41, 5.74) is -1.23. The van der Waals surface area contributed by atoms with Gasteiger partial charge in [0.15, 0.2) is 16.8 Å². The molecule has 0 amide bonds. The second kappa shape index (κ2) is 11.5. The molecule has 9 atom stereocenters. The van der Waals surface area contributed by atoms with Crippen LogP contribution < -0.4 is 14.9 Å². The number of benzene rings is 2. The summed E-state index contributed by atoms with van der Waals surface area (Å²) in [6.07, 6.45) is -15.8. The van der Waals surface area contributed by atoms with Crippen molar-refractivity contribution in [3.63, 3.8) is 0 Å². The molecule has 0 bridgehead atoms. The normalized spacial score (nSPS) is 31.6. The predicted octanol–water partition coefficient (Wildman–Crippen LogP) is -2.43. The van der Waals surface area contributed by atoms with E-state index in [1.54, 1.807) is 0 Å². The van der Waals surface area contributed by atoms with E-state index in [4.69, 9.17) is 23.4 Å². The smallest absolute Gasteiger partial charge is 0.229 e. The van der Waals surface area contributed by atoms with Crippen molar-refractivity contribution in [2.75, 3.05) is 13.2 Å². The minimum atomic E-state index is -1.97. The summed E-state index contributed by atoms with van der Waals surface area (Å²) in [6, 6.07) is 6.38. The third kappa shape index (κ3) is 5.19. The zero-order valence-electron chi connectivity index (χ0n) is 21.4. The first kappa shape index (κ1) is 29.8. The zero-order valence-corrected chi connectivity index (χ0v) is 21.4. The largest absolute Gasteiger partial charge is 0.508 e. The summed E-state index contributed by atoms with van der Waals surface area (Å²) >= 11 is 0. The summed E-state index contributed by atoms with van der Waals surface area (Å²) in [4.78, 5) is 13.3. The third-order valence-corrected chi connectivity index (χ3v) is 6.96. The van der Waals surface area contributed by atoms with Gasteiger partial charge in [-0.05, 0) is 24.3 Å². The molecule has 2 saturated heterocycles. The highest BCUT2D eigenvalue weighted by Gasteiger charge is 2.46. The number of fused-ring (bicyclic) bond motifs is 1. The van der Waals surface area contributed by atoms with E-state index in [0.717, 1.165) is 6.07 Å². The molecule has 10 N–H and O–H groups in total. The number of phenols is 3. The van der Waals surface area contributed by atoms with Gasteiger partial charge in [-0.25, -0.2) is 0 Å². The molecule has 3 heterocycles. The molecule has 42 heavy (non-hydrogen) atoms. The van der Waals surface area contributed by atoms with Crippen molar-refractivity contribution in [3.05, 3.63) is 40.6 Å². The molecular weight excluding hydrogens is 568 g/mol. The van der Waals surface area contributed by atoms with E-state index < -0.39 is 108 Å². The highest BCUT2D eigenvalue weighted by molar-refractivity contribution is 5.95. The van der Waals surface area contributed by atoms with Crippen molar-refractivity contribution in [2.45, 2.75) is 55.3 Å². The number of hydrogen-bond donors (Lipinski definition) is 10. The highest BCUT2D eigenvalue weighted by Crippen LogP contribution is 2.51. The van der Waals surface area contributed by atoms with Crippen LogP contribution in [0.1, 0.15) is 0 Å². The van der Waals surface area contributed by atoms with Gasteiger partial charge in [-0.1, -0.05) is 0 Å². The molecule has 0 unspecified atom stereocenters. The van der Waals surface area contributed by atoms with E-state index in [1.165, 1.54) is 24.3 Å². The number of aromatic hydroxyl groups is 3. The van der Waals surface area contributed by atoms with Crippen LogP contribution in [0.4, 0.5) is 0 Å². The Kier molecular flexibility index (Phi) is 8.17. The Morgan fingerprint density at radius 1 is 0.786 bits per heavy atom. The summed E-state index contributed by atoms with van der Waals surface area (Å²) < 4.78 is 27.3. The van der Waals surface area contributed by atoms with Gasteiger partial charge in [-0.3, -0.25) is 4.79 Å². The van der Waals surface area contributed by atoms with Gasteiger partial charge < -0.3 is 74.4 Å². The Morgan fingerprint density at radius 3 is 2.10 bits per heavy atom. The standard InChI is InChI=1S/C26H28O16/c27-6-13-16(32)18(34)20(36)26(40-13)42-24-21(37)23(41-25-19(35)15(31)11(30)7-38-25)17(33)14-10(29)5-12(39-22(14)24)8-1-3-9(28)4-2-8/h1-5,11,13,15-16,18-20,25-28,30-37H,6-7H2/t11-,13-,15+,16-,18+,19-,20-,25+,26+/m1/s1. The molecule has 2 aliphatic rings. The van der Waals surface area contributed by atoms with Crippen molar-refractivity contribution in [1.29, 1.82) is 0 Å². The van der Waals surface area contributed by atoms with Gasteiger partial charge in [0.2, 0.25) is 29.8 Å². The highest BCUT2D eigenvalue weighted by atomic mass is 16.7. The number of ether oxygens (including phenoxy) is 4. The number of rotatable bonds is 6. The molecular formula is C26H28O16. The minimum absolute atomic E-state index is 0.0876. The summed E-state index contributed by atoms with van der Waals surface area (Å²) in [5.74, 6) is -3.99. The van der Waals surface area contributed by atoms with Crippen molar-refractivity contribution in [1.82, 2.24) is 0 Å². The lowest BCUT2D eigenvalue weighted by molar-refractivity contribution is -0.277. The fourth-order valence-corrected chi connectivity index (χ4v) is 4.58. The number of phenolic OH excluding ortho intramolecular Hbond substituents is 3. The molecule has 0 spiro atoms. The Hall–Kier alpha value is -3.71. The maximum Gasteiger partial charge on any atom is 0.229 e. The van der Waals surface area contributed by atoms with E-state index >= 15 is 0 Å². The summed E-state index contributed by atoms with van der Waals surface area (Å²) in [6.45, 7) is -1.32. The van der Waals surface area contributed by atoms with Crippen LogP contribution in [0, 0.1) is 0 Å². The van der Waals surface area contributed by atoms with E-state index in [9.17, 15) is 55.9 Å². The monoisotopic (exact) mass is 596 g/mol. The fourth-order valence-electron chi connectivity index (χ4n) is 4.58. The number of aliphatic hydroxyl groups is 7. The van der Waals surface area contributed by atoms with Crippen LogP contribution in [0.25, 0.3) is 22.3 Å². The SMILES string of the molecule is O=c1cc(-c2ccc(O)cc2)oc2c(O[C@@H]3O[C@H](CO)[C@@H](O)[C@H](O)[C@H]3O)c(O)c(O[C@@H]3OC[C@@H](O)[C@H](O)[C@H]3O)c(O)c12. The second-order valence-corrected chi connectivity index (χ2v) is 9.76. The van der Waals surface area contributed by atoms with Gasteiger partial charge in [-0.15, -0.1) is 0 Å². The molecule has 2 aromatic carbocycles. The Balaban J connectivity index is 1.66. The van der Waals surface area contributed by atoms with Crippen LogP contribution in [0.5, 0.6) is 28.7 Å². The summed E-state index contributed by atoms with van der Waals surface area (Å²) in [5, 5.41) is 102. The van der Waals surface area contributed by atoms with Gasteiger partial charge in [0.1, 0.15) is 59.6 Å². The van der Waals surface area contributed by atoms with Crippen molar-refractivity contribution in [2.24, 2.45) is 0 Å². The molecule has 16 heteroatoms. The van der Waals surface area contributed by atoms with Crippen LogP contribution in [0.2, 0.25) is 0 Å². The van der Waals surface area contributed by atoms with Crippen molar-refractivity contribution >= 4 is 11.0 Å².